The van der Waals surface area contributed by atoms with Crippen LogP contribution in [0.25, 0.3) is 0 Å². The van der Waals surface area contributed by atoms with Gasteiger partial charge >= 0.3 is 0 Å². The van der Waals surface area contributed by atoms with Crippen molar-refractivity contribution in [1.82, 2.24) is 15.1 Å². The topological polar surface area (TPSA) is 82.1 Å². The van der Waals surface area contributed by atoms with E-state index in [-0.39, 0.29) is 23.9 Å². The van der Waals surface area contributed by atoms with E-state index in [0.29, 0.717) is 38.3 Å². The van der Waals surface area contributed by atoms with Crippen LogP contribution in [0.3, 0.4) is 0 Å². The molecule has 2 aliphatic heterocycles. The minimum absolute atomic E-state index is 0.0814. The third-order valence-corrected chi connectivity index (χ3v) is 8.22. The van der Waals surface area contributed by atoms with Crippen LogP contribution < -0.4 is 5.32 Å². The number of aryl methyl sites for hydroxylation is 2. The number of benzene rings is 2. The zero-order chi connectivity index (χ0) is 27.1. The molecule has 2 fully saturated rings. The number of aliphatic hydroxyl groups is 1. The fraction of sp³-hybridized carbons (Fsp3) is 0.548. The van der Waals surface area contributed by atoms with Crippen molar-refractivity contribution < 1.29 is 19.4 Å². The van der Waals surface area contributed by atoms with Gasteiger partial charge in [0.05, 0.1) is 31.4 Å². The van der Waals surface area contributed by atoms with E-state index in [1.54, 1.807) is 4.90 Å². The lowest BCUT2D eigenvalue weighted by molar-refractivity contribution is -0.119. The molecule has 2 aromatic carbocycles. The number of hydrogen-bond donors (Lipinski definition) is 2. The van der Waals surface area contributed by atoms with Gasteiger partial charge in [-0.05, 0) is 80.5 Å². The fourth-order valence-corrected chi connectivity index (χ4v) is 6.06. The first kappa shape index (κ1) is 28.3. The SMILES string of the molecule is CCC(CN(C=O)CC(O)CCc1ccccc1CNC)c1cc(C(=O)N2C3CCC2COC3)ccc1C. The molecule has 0 spiro atoms. The van der Waals surface area contributed by atoms with E-state index in [1.165, 1.54) is 11.1 Å². The summed E-state index contributed by atoms with van der Waals surface area (Å²) in [5, 5.41) is 14.0. The summed E-state index contributed by atoms with van der Waals surface area (Å²) in [6, 6.07) is 14.6. The zero-order valence-electron chi connectivity index (χ0n) is 23.1. The Morgan fingerprint density at radius 1 is 1.16 bits per heavy atom. The van der Waals surface area contributed by atoms with Crippen molar-refractivity contribution in [2.45, 2.75) is 76.6 Å². The summed E-state index contributed by atoms with van der Waals surface area (Å²) in [6.45, 7) is 7.01. The second-order valence-corrected chi connectivity index (χ2v) is 10.9. The molecule has 0 saturated carbocycles. The molecule has 2 aliphatic rings. The van der Waals surface area contributed by atoms with Gasteiger partial charge < -0.3 is 25.0 Å². The summed E-state index contributed by atoms with van der Waals surface area (Å²) >= 11 is 0. The van der Waals surface area contributed by atoms with E-state index in [2.05, 4.69) is 31.3 Å². The molecule has 2 N–H and O–H groups in total. The number of morpholine rings is 1. The maximum Gasteiger partial charge on any atom is 0.254 e. The molecule has 0 aromatic heterocycles. The lowest BCUT2D eigenvalue weighted by atomic mass is 9.90. The maximum atomic E-state index is 13.5. The van der Waals surface area contributed by atoms with Gasteiger partial charge in [-0.2, -0.15) is 0 Å². The van der Waals surface area contributed by atoms with Gasteiger partial charge in [0.15, 0.2) is 0 Å². The molecule has 0 aliphatic carbocycles. The normalized spacial score (nSPS) is 20.3. The number of aliphatic hydroxyl groups excluding tert-OH is 1. The van der Waals surface area contributed by atoms with E-state index in [9.17, 15) is 14.7 Å². The highest BCUT2D eigenvalue weighted by Crippen LogP contribution is 2.32. The largest absolute Gasteiger partial charge is 0.391 e. The van der Waals surface area contributed by atoms with Crippen molar-refractivity contribution >= 4 is 12.3 Å². The second kappa shape index (κ2) is 13.4. The van der Waals surface area contributed by atoms with Crippen LogP contribution in [0.15, 0.2) is 42.5 Å². The first-order valence-electron chi connectivity index (χ1n) is 14.0. The number of nitrogens with one attached hydrogen (secondary N) is 1. The summed E-state index contributed by atoms with van der Waals surface area (Å²) in [5.74, 6) is 0.163. The minimum Gasteiger partial charge on any atom is -0.391 e. The molecule has 0 radical (unpaired) electrons. The van der Waals surface area contributed by atoms with E-state index >= 15 is 0 Å². The average Bonchev–Trinajstić information content (AvgIpc) is 3.18. The number of amides is 2. The molecule has 4 atom stereocenters. The Morgan fingerprint density at radius 2 is 1.87 bits per heavy atom. The van der Waals surface area contributed by atoms with Crippen molar-refractivity contribution in [3.05, 3.63) is 70.3 Å². The van der Waals surface area contributed by atoms with Crippen LogP contribution in [-0.4, -0.2) is 78.8 Å². The first-order chi connectivity index (χ1) is 18.4. The van der Waals surface area contributed by atoms with Crippen LogP contribution in [0, 0.1) is 6.92 Å². The van der Waals surface area contributed by atoms with Gasteiger partial charge in [0, 0.05) is 31.1 Å². The minimum atomic E-state index is -0.605. The van der Waals surface area contributed by atoms with E-state index < -0.39 is 6.10 Å². The monoisotopic (exact) mass is 521 g/mol. The van der Waals surface area contributed by atoms with Crippen LogP contribution in [-0.2, 0) is 22.5 Å². The maximum absolute atomic E-state index is 13.5. The summed E-state index contributed by atoms with van der Waals surface area (Å²) in [6.07, 6.45) is 4.43. The Bertz CT molecular complexity index is 1070. The Morgan fingerprint density at radius 3 is 2.53 bits per heavy atom. The van der Waals surface area contributed by atoms with E-state index in [4.69, 9.17) is 4.74 Å². The molecular formula is C31H43N3O4. The summed E-state index contributed by atoms with van der Waals surface area (Å²) in [5.41, 5.74) is 5.37. The summed E-state index contributed by atoms with van der Waals surface area (Å²) < 4.78 is 5.66. The number of fused-ring (bicyclic) bond motifs is 2. The van der Waals surface area contributed by atoms with Crippen LogP contribution in [0.5, 0.6) is 0 Å². The number of carbonyl (C=O) groups is 2. The molecule has 38 heavy (non-hydrogen) atoms. The second-order valence-electron chi connectivity index (χ2n) is 10.9. The molecule has 7 nitrogen and oxygen atoms in total. The third kappa shape index (κ3) is 6.63. The van der Waals surface area contributed by atoms with Gasteiger partial charge in [0.1, 0.15) is 0 Å². The number of nitrogens with zero attached hydrogens (tertiary/aromatic N) is 2. The Hall–Kier alpha value is -2.74. The van der Waals surface area contributed by atoms with E-state index in [1.807, 2.05) is 42.3 Å². The molecular weight excluding hydrogens is 478 g/mol. The zero-order valence-corrected chi connectivity index (χ0v) is 23.1. The quantitative estimate of drug-likeness (QED) is 0.393. The predicted molar refractivity (Wildman–Crippen MR) is 149 cm³/mol. The number of ether oxygens (including phenoxy) is 1. The molecule has 4 rings (SSSR count). The lowest BCUT2D eigenvalue weighted by Crippen LogP contribution is -2.49. The average molecular weight is 522 g/mol. The Kier molecular flexibility index (Phi) is 9.94. The molecule has 4 unspecified atom stereocenters. The Labute approximate surface area is 227 Å². The molecule has 2 heterocycles. The molecule has 2 saturated heterocycles. The third-order valence-electron chi connectivity index (χ3n) is 8.22. The van der Waals surface area contributed by atoms with Crippen molar-refractivity contribution in [3.63, 3.8) is 0 Å². The summed E-state index contributed by atoms with van der Waals surface area (Å²) in [4.78, 5) is 29.2. The number of hydrogen-bond acceptors (Lipinski definition) is 5. The van der Waals surface area contributed by atoms with Crippen LogP contribution in [0.1, 0.15) is 71.1 Å². The molecule has 2 aromatic rings. The van der Waals surface area contributed by atoms with Crippen molar-refractivity contribution in [3.8, 4) is 0 Å². The van der Waals surface area contributed by atoms with Gasteiger partial charge in [-0.1, -0.05) is 37.3 Å². The van der Waals surface area contributed by atoms with Crippen LogP contribution >= 0.6 is 0 Å². The highest BCUT2D eigenvalue weighted by atomic mass is 16.5. The summed E-state index contributed by atoms with van der Waals surface area (Å²) in [7, 11) is 1.93. The van der Waals surface area contributed by atoms with Crippen molar-refractivity contribution in [2.24, 2.45) is 0 Å². The first-order valence-corrected chi connectivity index (χ1v) is 14.0. The molecule has 2 bridgehead atoms. The molecule has 206 valence electrons. The highest BCUT2D eigenvalue weighted by molar-refractivity contribution is 5.95. The standard InChI is InChI=1S/C31H43N3O4/c1-4-23(17-33(21-35)18-29(36)14-11-24-7-5-6-8-26(24)16-32-3)30-15-25(10-9-22(30)2)31(37)34-27-12-13-28(34)20-38-19-27/h5-10,15,21,23,27-29,32,36H,4,11-14,16-20H2,1-3H3. The van der Waals surface area contributed by atoms with Gasteiger partial charge in [-0.3, -0.25) is 9.59 Å². The lowest BCUT2D eigenvalue weighted by Gasteiger charge is -2.35. The number of carbonyl (C=O) groups excluding carboxylic acids is 2. The van der Waals surface area contributed by atoms with Crippen LogP contribution in [0.2, 0.25) is 0 Å². The Balaban J connectivity index is 1.40. The van der Waals surface area contributed by atoms with Gasteiger partial charge in [0.2, 0.25) is 6.41 Å². The van der Waals surface area contributed by atoms with Gasteiger partial charge in [-0.15, -0.1) is 0 Å². The highest BCUT2D eigenvalue weighted by Gasteiger charge is 2.40. The smallest absolute Gasteiger partial charge is 0.254 e. The predicted octanol–water partition coefficient (Wildman–Crippen LogP) is 3.66. The van der Waals surface area contributed by atoms with Crippen molar-refractivity contribution in [1.29, 1.82) is 0 Å². The fourth-order valence-electron chi connectivity index (χ4n) is 6.06. The van der Waals surface area contributed by atoms with Crippen molar-refractivity contribution in [2.75, 3.05) is 33.4 Å². The van der Waals surface area contributed by atoms with E-state index in [0.717, 1.165) is 49.8 Å². The number of rotatable bonds is 13. The van der Waals surface area contributed by atoms with Gasteiger partial charge in [-0.25, -0.2) is 0 Å². The molecule has 2 amide bonds. The molecule has 7 heteroatoms. The van der Waals surface area contributed by atoms with Crippen LogP contribution in [0.4, 0.5) is 0 Å². The van der Waals surface area contributed by atoms with Gasteiger partial charge in [0.25, 0.3) is 5.91 Å².